The number of benzene rings is 1. The first-order valence-corrected chi connectivity index (χ1v) is 5.46. The molecule has 0 aliphatic carbocycles. The van der Waals surface area contributed by atoms with Crippen LogP contribution >= 0.6 is 0 Å². The number of fused-ring (bicyclic) bond motifs is 1. The molecule has 1 saturated heterocycles. The van der Waals surface area contributed by atoms with E-state index in [1.807, 2.05) is 0 Å². The first kappa shape index (κ1) is 11.7. The molecule has 0 saturated carbocycles. The van der Waals surface area contributed by atoms with Crippen LogP contribution in [0.2, 0.25) is 0 Å². The third kappa shape index (κ3) is 1.76. The van der Waals surface area contributed by atoms with Crippen LogP contribution in [0, 0.1) is 21.4 Å². The summed E-state index contributed by atoms with van der Waals surface area (Å²) in [6, 6.07) is 3.21. The Hall–Kier alpha value is -2.37. The van der Waals surface area contributed by atoms with Gasteiger partial charge < -0.3 is 18.9 Å². The smallest absolute Gasteiger partial charge is 0.299 e. The molecule has 8 heteroatoms. The molecule has 3 rings (SSSR count). The first-order valence-electron chi connectivity index (χ1n) is 5.46. The highest BCUT2D eigenvalue weighted by Crippen LogP contribution is 2.45. The van der Waals surface area contributed by atoms with E-state index in [2.05, 4.69) is 0 Å². The Labute approximate surface area is 107 Å². The molecule has 19 heavy (non-hydrogen) atoms. The van der Waals surface area contributed by atoms with Gasteiger partial charge in [0.25, 0.3) is 5.69 Å². The molecule has 1 aromatic rings. The van der Waals surface area contributed by atoms with Gasteiger partial charge in [-0.15, -0.1) is 0 Å². The van der Waals surface area contributed by atoms with E-state index < -0.39 is 11.2 Å². The fraction of sp³-hybridized carbons (Fsp3) is 0.364. The fourth-order valence-corrected chi connectivity index (χ4v) is 2.07. The second kappa shape index (κ2) is 4.38. The minimum Gasteiger partial charge on any atom is -0.454 e. The molecule has 2 heterocycles. The summed E-state index contributed by atoms with van der Waals surface area (Å²) in [5.74, 6) is 0.382. The molecular weight excluding hydrogens is 256 g/mol. The van der Waals surface area contributed by atoms with E-state index in [4.69, 9.17) is 24.2 Å². The highest BCUT2D eigenvalue weighted by Gasteiger charge is 2.36. The average molecular weight is 264 g/mol. The van der Waals surface area contributed by atoms with Crippen molar-refractivity contribution in [2.45, 2.75) is 6.29 Å². The summed E-state index contributed by atoms with van der Waals surface area (Å²) in [7, 11) is 0. The van der Waals surface area contributed by atoms with Crippen LogP contribution in [0.3, 0.4) is 0 Å². The quantitative estimate of drug-likeness (QED) is 0.584. The van der Waals surface area contributed by atoms with Gasteiger partial charge in [0.15, 0.2) is 23.4 Å². The molecule has 2 aliphatic rings. The number of nitro benzene ring substituents is 1. The summed E-state index contributed by atoms with van der Waals surface area (Å²) >= 11 is 0. The van der Waals surface area contributed by atoms with Crippen LogP contribution in [0.1, 0.15) is 17.4 Å². The van der Waals surface area contributed by atoms with E-state index in [9.17, 15) is 10.1 Å². The van der Waals surface area contributed by atoms with Crippen molar-refractivity contribution in [1.82, 2.24) is 0 Å². The predicted octanol–water partition coefficient (Wildman–Crippen LogP) is 1.24. The molecule has 1 aromatic carbocycles. The van der Waals surface area contributed by atoms with Crippen molar-refractivity contribution in [3.8, 4) is 17.6 Å². The van der Waals surface area contributed by atoms with E-state index in [-0.39, 0.29) is 35.1 Å². The lowest BCUT2D eigenvalue weighted by atomic mass is 10.1. The molecule has 0 amide bonds. The van der Waals surface area contributed by atoms with Crippen LogP contribution in [0.5, 0.6) is 11.5 Å². The van der Waals surface area contributed by atoms with Crippen molar-refractivity contribution in [1.29, 1.82) is 5.26 Å². The van der Waals surface area contributed by atoms with Gasteiger partial charge in [-0.25, -0.2) is 0 Å². The minimum atomic E-state index is -0.859. The SMILES string of the molecule is N#Cc1c2c(cc(C3OCCO3)c1[N+](=O)[O-])OCO2. The van der Waals surface area contributed by atoms with Gasteiger partial charge >= 0.3 is 0 Å². The van der Waals surface area contributed by atoms with Gasteiger partial charge in [-0.1, -0.05) is 0 Å². The topological polar surface area (TPSA) is 104 Å². The molecule has 0 spiro atoms. The maximum atomic E-state index is 11.2. The van der Waals surface area contributed by atoms with Crippen LogP contribution in [-0.4, -0.2) is 24.9 Å². The molecular formula is C11H8N2O6. The number of nitriles is 1. The van der Waals surface area contributed by atoms with Crippen LogP contribution in [0.15, 0.2) is 6.07 Å². The van der Waals surface area contributed by atoms with Crippen molar-refractivity contribution >= 4 is 5.69 Å². The summed E-state index contributed by atoms with van der Waals surface area (Å²) in [5, 5.41) is 20.3. The van der Waals surface area contributed by atoms with Crippen LogP contribution in [-0.2, 0) is 9.47 Å². The zero-order valence-corrected chi connectivity index (χ0v) is 9.62. The van der Waals surface area contributed by atoms with E-state index in [0.29, 0.717) is 13.2 Å². The number of hydrogen-bond donors (Lipinski definition) is 0. The lowest BCUT2D eigenvalue weighted by Gasteiger charge is -2.11. The van der Waals surface area contributed by atoms with Crippen molar-refractivity contribution in [3.63, 3.8) is 0 Å². The predicted molar refractivity (Wildman–Crippen MR) is 58.6 cm³/mol. The Kier molecular flexibility index (Phi) is 2.70. The monoisotopic (exact) mass is 264 g/mol. The van der Waals surface area contributed by atoms with Gasteiger partial charge in [-0.3, -0.25) is 10.1 Å². The summed E-state index contributed by atoms with van der Waals surface area (Å²) in [5.41, 5.74) is -0.365. The number of hydrogen-bond acceptors (Lipinski definition) is 7. The molecule has 0 aromatic heterocycles. The molecule has 2 aliphatic heterocycles. The summed E-state index contributed by atoms with van der Waals surface area (Å²) in [6.45, 7) is 0.618. The third-order valence-electron chi connectivity index (χ3n) is 2.84. The van der Waals surface area contributed by atoms with Gasteiger partial charge in [0, 0.05) is 0 Å². The van der Waals surface area contributed by atoms with Gasteiger partial charge in [-0.2, -0.15) is 5.26 Å². The number of nitro groups is 1. The zero-order chi connectivity index (χ0) is 13.4. The number of rotatable bonds is 2. The highest BCUT2D eigenvalue weighted by molar-refractivity contribution is 5.67. The second-order valence-corrected chi connectivity index (χ2v) is 3.87. The summed E-state index contributed by atoms with van der Waals surface area (Å²) in [6.07, 6.45) is -0.859. The highest BCUT2D eigenvalue weighted by atomic mass is 16.7. The Morgan fingerprint density at radius 3 is 2.74 bits per heavy atom. The Bertz CT molecular complexity index is 588. The van der Waals surface area contributed by atoms with E-state index in [1.165, 1.54) is 6.07 Å². The van der Waals surface area contributed by atoms with Gasteiger partial charge in [0.05, 0.1) is 23.7 Å². The lowest BCUT2D eigenvalue weighted by molar-refractivity contribution is -0.387. The summed E-state index contributed by atoms with van der Waals surface area (Å²) in [4.78, 5) is 10.6. The molecule has 8 nitrogen and oxygen atoms in total. The van der Waals surface area contributed by atoms with Crippen LogP contribution in [0.25, 0.3) is 0 Å². The Balaban J connectivity index is 2.23. The minimum absolute atomic E-state index is 0.0724. The maximum Gasteiger partial charge on any atom is 0.299 e. The van der Waals surface area contributed by atoms with Gasteiger partial charge in [0.1, 0.15) is 6.07 Å². The lowest BCUT2D eigenvalue weighted by Crippen LogP contribution is -2.05. The average Bonchev–Trinajstić information content (AvgIpc) is 3.06. The molecule has 98 valence electrons. The molecule has 0 atom stereocenters. The number of ether oxygens (including phenoxy) is 4. The third-order valence-corrected chi connectivity index (χ3v) is 2.84. The molecule has 0 unspecified atom stereocenters. The molecule has 0 radical (unpaired) electrons. The largest absolute Gasteiger partial charge is 0.454 e. The van der Waals surface area contributed by atoms with E-state index in [0.717, 1.165) is 0 Å². The molecule has 1 fully saturated rings. The fourth-order valence-electron chi connectivity index (χ4n) is 2.07. The Morgan fingerprint density at radius 1 is 1.37 bits per heavy atom. The first-order chi connectivity index (χ1) is 9.22. The van der Waals surface area contributed by atoms with E-state index >= 15 is 0 Å². The van der Waals surface area contributed by atoms with Gasteiger partial charge in [0.2, 0.25) is 6.79 Å². The maximum absolute atomic E-state index is 11.2. The summed E-state index contributed by atoms with van der Waals surface area (Å²) < 4.78 is 20.8. The molecule has 0 bridgehead atoms. The van der Waals surface area contributed by atoms with Crippen molar-refractivity contribution < 1.29 is 23.9 Å². The van der Waals surface area contributed by atoms with Crippen molar-refractivity contribution in [2.24, 2.45) is 0 Å². The normalized spacial score (nSPS) is 17.4. The second-order valence-electron chi connectivity index (χ2n) is 3.87. The number of nitrogens with zero attached hydrogens (tertiary/aromatic N) is 2. The van der Waals surface area contributed by atoms with Crippen molar-refractivity contribution in [3.05, 3.63) is 27.3 Å². The van der Waals surface area contributed by atoms with E-state index in [1.54, 1.807) is 6.07 Å². The van der Waals surface area contributed by atoms with Crippen LogP contribution in [0.4, 0.5) is 5.69 Å². The van der Waals surface area contributed by atoms with Gasteiger partial charge in [-0.05, 0) is 6.07 Å². The van der Waals surface area contributed by atoms with Crippen LogP contribution < -0.4 is 9.47 Å². The Morgan fingerprint density at radius 2 is 2.11 bits per heavy atom. The zero-order valence-electron chi connectivity index (χ0n) is 9.62. The van der Waals surface area contributed by atoms with Crippen molar-refractivity contribution in [2.75, 3.05) is 20.0 Å². The molecule has 0 N–H and O–H groups in total. The standard InChI is InChI=1S/C11H8N2O6/c12-4-7-9(13(14)15)6(11-16-1-2-17-11)3-8-10(7)19-5-18-8/h3,11H,1-2,5H2.